The van der Waals surface area contributed by atoms with Gasteiger partial charge in [0.05, 0.1) is 0 Å². The molecule has 1 nitrogen and oxygen atoms in total. The summed E-state index contributed by atoms with van der Waals surface area (Å²) < 4.78 is 1.13. The minimum Gasteiger partial charge on any atom is -0.512 e. The second kappa shape index (κ2) is 5.33. The number of hydrogen-bond acceptors (Lipinski definition) is 1. The quantitative estimate of drug-likeness (QED) is 0.567. The first-order valence-corrected chi connectivity index (χ1v) is 3.12. The van der Waals surface area contributed by atoms with Crippen LogP contribution >= 0.6 is 15.9 Å². The van der Waals surface area contributed by atoms with E-state index in [1.807, 2.05) is 30.3 Å². The minimum absolute atomic E-state index is 1.13. The molecule has 1 aromatic carbocycles. The van der Waals surface area contributed by atoms with E-state index in [1.54, 1.807) is 0 Å². The molecule has 0 heterocycles. The van der Waals surface area contributed by atoms with E-state index in [0.29, 0.717) is 0 Å². The third kappa shape index (κ3) is 3.75. The standard InChI is InChI=1S/C6H5Br.CN/c7-6-4-2-1-3-5-6;1-2/h1-5H;/q;-1. The van der Waals surface area contributed by atoms with Crippen molar-refractivity contribution in [2.24, 2.45) is 0 Å². The lowest BCUT2D eigenvalue weighted by molar-refractivity contribution is 1.53. The van der Waals surface area contributed by atoms with Crippen molar-refractivity contribution in [1.29, 1.82) is 5.26 Å². The maximum atomic E-state index is 6.25. The van der Waals surface area contributed by atoms with Gasteiger partial charge in [-0.15, -0.1) is 0 Å². The molecule has 2 heteroatoms. The lowest BCUT2D eigenvalue weighted by Gasteiger charge is -1.80. The highest BCUT2D eigenvalue weighted by atomic mass is 79.9. The van der Waals surface area contributed by atoms with Gasteiger partial charge in [0.2, 0.25) is 0 Å². The summed E-state index contributed by atoms with van der Waals surface area (Å²) in [7, 11) is 0. The van der Waals surface area contributed by atoms with Crippen LogP contribution in [0.15, 0.2) is 34.8 Å². The van der Waals surface area contributed by atoms with E-state index >= 15 is 0 Å². The number of rotatable bonds is 0. The van der Waals surface area contributed by atoms with Crippen molar-refractivity contribution in [3.8, 4) is 0 Å². The second-order valence-corrected chi connectivity index (χ2v) is 2.21. The first kappa shape index (κ1) is 8.19. The van der Waals surface area contributed by atoms with Crippen LogP contribution in [0.3, 0.4) is 0 Å². The zero-order valence-electron chi connectivity index (χ0n) is 4.71. The summed E-state index contributed by atoms with van der Waals surface area (Å²) in [4.78, 5) is 0. The molecule has 0 amide bonds. The topological polar surface area (TPSA) is 23.8 Å². The summed E-state index contributed by atoms with van der Waals surface area (Å²) in [6, 6.07) is 9.97. The molecule has 0 fully saturated rings. The van der Waals surface area contributed by atoms with E-state index in [0.717, 1.165) is 4.47 Å². The summed E-state index contributed by atoms with van der Waals surface area (Å²) in [6.07, 6.45) is 0. The Morgan fingerprint density at radius 3 is 1.78 bits per heavy atom. The molecule has 0 aliphatic heterocycles. The molecule has 1 rings (SSSR count). The summed E-state index contributed by atoms with van der Waals surface area (Å²) in [5.74, 6) is 0. The zero-order chi connectivity index (χ0) is 7.11. The molecule has 0 aliphatic rings. The van der Waals surface area contributed by atoms with Gasteiger partial charge >= 0.3 is 0 Å². The molecular formula is C7H5BrN-. The van der Waals surface area contributed by atoms with Crippen molar-refractivity contribution in [2.75, 3.05) is 0 Å². The fraction of sp³-hybridized carbons (Fsp3) is 0. The van der Waals surface area contributed by atoms with Crippen LogP contribution in [0.4, 0.5) is 0 Å². The highest BCUT2D eigenvalue weighted by Crippen LogP contribution is 2.05. The summed E-state index contributed by atoms with van der Waals surface area (Å²) in [5, 5.41) is 6.25. The van der Waals surface area contributed by atoms with E-state index in [9.17, 15) is 0 Å². The Morgan fingerprint density at radius 1 is 1.11 bits per heavy atom. The van der Waals surface area contributed by atoms with Gasteiger partial charge in [0.15, 0.2) is 0 Å². The van der Waals surface area contributed by atoms with E-state index in [2.05, 4.69) is 15.9 Å². The Kier molecular flexibility index (Phi) is 4.85. The van der Waals surface area contributed by atoms with Crippen LogP contribution in [-0.4, -0.2) is 0 Å². The first-order valence-electron chi connectivity index (χ1n) is 2.32. The number of benzene rings is 1. The molecule has 46 valence electrons. The van der Waals surface area contributed by atoms with Gasteiger partial charge in [-0.3, -0.25) is 0 Å². The van der Waals surface area contributed by atoms with Crippen LogP contribution in [0.5, 0.6) is 0 Å². The Morgan fingerprint density at radius 2 is 1.56 bits per heavy atom. The molecule has 0 spiro atoms. The second-order valence-electron chi connectivity index (χ2n) is 1.30. The van der Waals surface area contributed by atoms with Crippen LogP contribution < -0.4 is 0 Å². The molecular weight excluding hydrogens is 178 g/mol. The highest BCUT2D eigenvalue weighted by molar-refractivity contribution is 9.10. The molecule has 0 bridgehead atoms. The smallest absolute Gasteiger partial charge is 0.0175 e. The van der Waals surface area contributed by atoms with Crippen LogP contribution in [0.25, 0.3) is 0 Å². The van der Waals surface area contributed by atoms with Gasteiger partial charge in [0, 0.05) is 4.47 Å². The summed E-state index contributed by atoms with van der Waals surface area (Å²) in [5.41, 5.74) is 0. The summed E-state index contributed by atoms with van der Waals surface area (Å²) >= 11 is 3.31. The molecule has 9 heavy (non-hydrogen) atoms. The molecule has 0 saturated carbocycles. The maximum Gasteiger partial charge on any atom is 0.0175 e. The normalized spacial score (nSPS) is 7.00. The molecule has 0 N–H and O–H groups in total. The fourth-order valence-electron chi connectivity index (χ4n) is 0.415. The van der Waals surface area contributed by atoms with Gasteiger partial charge in [0.1, 0.15) is 0 Å². The highest BCUT2D eigenvalue weighted by Gasteiger charge is 1.74. The molecule has 0 saturated heterocycles. The van der Waals surface area contributed by atoms with Crippen molar-refractivity contribution in [2.45, 2.75) is 0 Å². The average Bonchev–Trinajstić information content (AvgIpc) is 1.94. The zero-order valence-corrected chi connectivity index (χ0v) is 6.30. The van der Waals surface area contributed by atoms with Gasteiger partial charge in [-0.05, 0) is 12.1 Å². The number of hydrogen-bond donors (Lipinski definition) is 0. The van der Waals surface area contributed by atoms with E-state index in [4.69, 9.17) is 11.8 Å². The SMILES string of the molecule is Brc1ccccc1.[C-]#N. The molecule has 0 aromatic heterocycles. The number of nitrogens with zero attached hydrogens (tertiary/aromatic N) is 1. The van der Waals surface area contributed by atoms with Gasteiger partial charge in [-0.25, -0.2) is 0 Å². The van der Waals surface area contributed by atoms with Crippen molar-refractivity contribution >= 4 is 15.9 Å². The predicted octanol–water partition coefficient (Wildman–Crippen LogP) is 2.55. The molecule has 0 unspecified atom stereocenters. The van der Waals surface area contributed by atoms with Crippen molar-refractivity contribution in [1.82, 2.24) is 0 Å². The minimum atomic E-state index is 1.13. The lowest BCUT2D eigenvalue weighted by Crippen LogP contribution is -1.55. The first-order chi connectivity index (χ1) is 4.39. The van der Waals surface area contributed by atoms with Gasteiger partial charge in [-0.2, -0.15) is 0 Å². The van der Waals surface area contributed by atoms with E-state index in [-0.39, 0.29) is 0 Å². The largest absolute Gasteiger partial charge is 0.512 e. The Balaban J connectivity index is 0.000000291. The van der Waals surface area contributed by atoms with Gasteiger partial charge < -0.3 is 11.8 Å². The Bertz CT molecular complexity index is 169. The Hall–Kier alpha value is -0.810. The lowest BCUT2D eigenvalue weighted by atomic mass is 10.4. The predicted molar refractivity (Wildman–Crippen MR) is 39.1 cm³/mol. The maximum absolute atomic E-state index is 6.25. The van der Waals surface area contributed by atoms with Gasteiger partial charge in [0.25, 0.3) is 0 Å². The van der Waals surface area contributed by atoms with Crippen molar-refractivity contribution < 1.29 is 0 Å². The van der Waals surface area contributed by atoms with Crippen LogP contribution in [0.2, 0.25) is 0 Å². The third-order valence-electron chi connectivity index (χ3n) is 0.733. The van der Waals surface area contributed by atoms with E-state index in [1.165, 1.54) is 0 Å². The molecule has 1 aromatic rings. The molecule has 0 atom stereocenters. The molecule has 0 radical (unpaired) electrons. The van der Waals surface area contributed by atoms with Crippen LogP contribution in [-0.2, 0) is 0 Å². The van der Waals surface area contributed by atoms with E-state index < -0.39 is 0 Å². The van der Waals surface area contributed by atoms with Gasteiger partial charge in [-0.1, -0.05) is 34.1 Å². The third-order valence-corrected chi connectivity index (χ3v) is 1.26. The molecule has 0 aliphatic carbocycles. The fourth-order valence-corrected chi connectivity index (χ4v) is 0.720. The van der Waals surface area contributed by atoms with Crippen LogP contribution in [0.1, 0.15) is 0 Å². The van der Waals surface area contributed by atoms with Crippen LogP contribution in [0, 0.1) is 11.8 Å². The monoisotopic (exact) mass is 182 g/mol. The average molecular weight is 183 g/mol. The number of halogens is 1. The van der Waals surface area contributed by atoms with Crippen molar-refractivity contribution in [3.05, 3.63) is 41.4 Å². The Labute approximate surface area is 63.1 Å². The summed E-state index contributed by atoms with van der Waals surface area (Å²) in [6.45, 7) is 4.75. The van der Waals surface area contributed by atoms with Crippen molar-refractivity contribution in [3.63, 3.8) is 0 Å².